The molecule has 1 atom stereocenters. The lowest BCUT2D eigenvalue weighted by molar-refractivity contribution is -0.153. The quantitative estimate of drug-likeness (QED) is 0.714. The summed E-state index contributed by atoms with van der Waals surface area (Å²) in [5.74, 6) is -0.372. The van der Waals surface area contributed by atoms with Gasteiger partial charge in [0.1, 0.15) is 15.4 Å². The highest BCUT2D eigenvalue weighted by Crippen LogP contribution is 2.06. The van der Waals surface area contributed by atoms with Crippen LogP contribution in [0.5, 0.6) is 0 Å². The molecule has 0 amide bonds. The molecule has 0 fully saturated rings. The molecule has 0 rings (SSSR count). The van der Waals surface area contributed by atoms with Crippen LogP contribution in [0.2, 0.25) is 0 Å². The fraction of sp³-hybridized carbons (Fsp3) is 0.900. The van der Waals surface area contributed by atoms with Crippen LogP contribution in [-0.2, 0) is 19.4 Å². The van der Waals surface area contributed by atoms with E-state index in [0.717, 1.165) is 0 Å². The van der Waals surface area contributed by atoms with Crippen molar-refractivity contribution in [2.75, 3.05) is 18.6 Å². The number of esters is 1. The molecule has 0 heterocycles. The van der Waals surface area contributed by atoms with Gasteiger partial charge in [0.2, 0.25) is 0 Å². The first kappa shape index (κ1) is 15.4. The normalized spacial score (nSPS) is 14.6. The van der Waals surface area contributed by atoms with Crippen LogP contribution in [0.4, 0.5) is 0 Å². The minimum Gasteiger partial charge on any atom is -0.459 e. The third-order valence-corrected chi connectivity index (χ3v) is 2.67. The monoisotopic (exact) mass is 251 g/mol. The van der Waals surface area contributed by atoms with Crippen LogP contribution >= 0.6 is 0 Å². The van der Waals surface area contributed by atoms with Gasteiger partial charge in [0, 0.05) is 12.3 Å². The van der Waals surface area contributed by atoms with Crippen LogP contribution in [0.15, 0.2) is 0 Å². The minimum absolute atomic E-state index is 0.00972. The lowest BCUT2D eigenvalue weighted by Gasteiger charge is -2.20. The summed E-state index contributed by atoms with van der Waals surface area (Å²) in [6.07, 6.45) is 1.17. The van der Waals surface area contributed by atoms with Crippen LogP contribution in [-0.4, -0.2) is 44.6 Å². The Morgan fingerprint density at radius 3 is 2.25 bits per heavy atom. The van der Waals surface area contributed by atoms with Crippen LogP contribution in [0.25, 0.3) is 0 Å². The summed E-state index contributed by atoms with van der Waals surface area (Å²) in [7, 11) is -3.02. The maximum atomic E-state index is 11.3. The van der Waals surface area contributed by atoms with Crippen molar-refractivity contribution in [2.45, 2.75) is 39.3 Å². The molecule has 0 saturated heterocycles. The SMILES string of the molecule is CC(CS(C)(=O)=O)NCC(=O)OC(C)(C)C. The van der Waals surface area contributed by atoms with E-state index >= 15 is 0 Å². The molecule has 0 aliphatic heterocycles. The summed E-state index contributed by atoms with van der Waals surface area (Å²) in [4.78, 5) is 11.3. The summed E-state index contributed by atoms with van der Waals surface area (Å²) >= 11 is 0. The van der Waals surface area contributed by atoms with E-state index in [9.17, 15) is 13.2 Å². The second-order valence-electron chi connectivity index (χ2n) is 4.96. The van der Waals surface area contributed by atoms with E-state index < -0.39 is 15.4 Å². The van der Waals surface area contributed by atoms with Crippen molar-refractivity contribution in [2.24, 2.45) is 0 Å². The Kier molecular flexibility index (Phi) is 5.41. The zero-order valence-electron chi connectivity index (χ0n) is 10.5. The lowest BCUT2D eigenvalue weighted by Crippen LogP contribution is -2.38. The van der Waals surface area contributed by atoms with Crippen LogP contribution in [0.1, 0.15) is 27.7 Å². The zero-order valence-corrected chi connectivity index (χ0v) is 11.3. The Morgan fingerprint density at radius 1 is 1.38 bits per heavy atom. The van der Waals surface area contributed by atoms with Gasteiger partial charge >= 0.3 is 5.97 Å². The molecule has 96 valence electrons. The van der Waals surface area contributed by atoms with Gasteiger partial charge in [-0.1, -0.05) is 0 Å². The molecule has 0 aliphatic carbocycles. The first-order chi connectivity index (χ1) is 6.99. The summed E-state index contributed by atoms with van der Waals surface area (Å²) in [6, 6.07) is -0.262. The Bertz CT molecular complexity index is 329. The summed E-state index contributed by atoms with van der Waals surface area (Å²) in [6.45, 7) is 7.08. The van der Waals surface area contributed by atoms with E-state index in [4.69, 9.17) is 4.74 Å². The molecule has 5 nitrogen and oxygen atoms in total. The third kappa shape index (κ3) is 9.92. The molecule has 0 bridgehead atoms. The highest BCUT2D eigenvalue weighted by atomic mass is 32.2. The number of carbonyl (C=O) groups is 1. The van der Waals surface area contributed by atoms with Crippen molar-refractivity contribution >= 4 is 15.8 Å². The molecule has 0 aromatic rings. The van der Waals surface area contributed by atoms with Crippen LogP contribution in [0, 0.1) is 0 Å². The largest absolute Gasteiger partial charge is 0.459 e. The van der Waals surface area contributed by atoms with Gasteiger partial charge in [0.05, 0.1) is 12.3 Å². The molecule has 0 aromatic heterocycles. The second-order valence-corrected chi connectivity index (χ2v) is 7.15. The van der Waals surface area contributed by atoms with Gasteiger partial charge < -0.3 is 10.1 Å². The Hall–Kier alpha value is -0.620. The lowest BCUT2D eigenvalue weighted by atomic mass is 10.2. The van der Waals surface area contributed by atoms with E-state index in [1.807, 2.05) is 0 Å². The van der Waals surface area contributed by atoms with Crippen molar-refractivity contribution in [3.63, 3.8) is 0 Å². The minimum atomic E-state index is -3.02. The van der Waals surface area contributed by atoms with Crippen molar-refractivity contribution in [3.8, 4) is 0 Å². The van der Waals surface area contributed by atoms with E-state index in [1.54, 1.807) is 27.7 Å². The average molecular weight is 251 g/mol. The Morgan fingerprint density at radius 2 is 1.88 bits per heavy atom. The maximum absolute atomic E-state index is 11.3. The van der Waals surface area contributed by atoms with Crippen molar-refractivity contribution < 1.29 is 17.9 Å². The topological polar surface area (TPSA) is 72.5 Å². The number of nitrogens with one attached hydrogen (secondary N) is 1. The van der Waals surface area contributed by atoms with Gasteiger partial charge in [-0.15, -0.1) is 0 Å². The maximum Gasteiger partial charge on any atom is 0.320 e. The molecule has 0 aliphatic rings. The molecular formula is C10H21NO4S. The highest BCUT2D eigenvalue weighted by molar-refractivity contribution is 7.90. The van der Waals surface area contributed by atoms with E-state index in [0.29, 0.717) is 0 Å². The van der Waals surface area contributed by atoms with E-state index in [1.165, 1.54) is 6.26 Å². The molecular weight excluding hydrogens is 230 g/mol. The first-order valence-corrected chi connectivity index (χ1v) is 7.18. The van der Waals surface area contributed by atoms with Crippen LogP contribution in [0.3, 0.4) is 0 Å². The molecule has 6 heteroatoms. The van der Waals surface area contributed by atoms with Crippen molar-refractivity contribution in [1.29, 1.82) is 0 Å². The van der Waals surface area contributed by atoms with E-state index in [-0.39, 0.29) is 24.3 Å². The van der Waals surface area contributed by atoms with Gasteiger partial charge in [-0.25, -0.2) is 8.42 Å². The molecule has 1 N–H and O–H groups in total. The smallest absolute Gasteiger partial charge is 0.320 e. The van der Waals surface area contributed by atoms with Gasteiger partial charge in [0.15, 0.2) is 0 Å². The molecule has 0 spiro atoms. The number of carbonyl (C=O) groups excluding carboxylic acids is 1. The first-order valence-electron chi connectivity index (χ1n) is 5.12. The molecule has 16 heavy (non-hydrogen) atoms. The third-order valence-electron chi connectivity index (χ3n) is 1.57. The summed E-state index contributed by atoms with van der Waals surface area (Å²) in [5.41, 5.74) is -0.515. The fourth-order valence-corrected chi connectivity index (χ4v) is 2.17. The van der Waals surface area contributed by atoms with Gasteiger partial charge in [0.25, 0.3) is 0 Å². The number of ether oxygens (including phenoxy) is 1. The average Bonchev–Trinajstić information content (AvgIpc) is 1.94. The fourth-order valence-electron chi connectivity index (χ4n) is 1.15. The van der Waals surface area contributed by atoms with Crippen molar-refractivity contribution in [3.05, 3.63) is 0 Å². The Labute approximate surface area is 97.5 Å². The predicted octanol–water partition coefficient (Wildman–Crippen LogP) is 0.351. The number of rotatable bonds is 5. The number of hydrogen-bond donors (Lipinski definition) is 1. The molecule has 0 saturated carbocycles. The summed E-state index contributed by atoms with van der Waals surface area (Å²) < 4.78 is 27.0. The van der Waals surface area contributed by atoms with Crippen LogP contribution < -0.4 is 5.32 Å². The molecule has 1 unspecified atom stereocenters. The number of sulfone groups is 1. The van der Waals surface area contributed by atoms with Gasteiger partial charge in [-0.2, -0.15) is 0 Å². The van der Waals surface area contributed by atoms with E-state index in [2.05, 4.69) is 5.32 Å². The second kappa shape index (κ2) is 5.63. The van der Waals surface area contributed by atoms with Gasteiger partial charge in [-0.05, 0) is 27.7 Å². The highest BCUT2D eigenvalue weighted by Gasteiger charge is 2.17. The molecule has 0 aromatic carbocycles. The molecule has 0 radical (unpaired) electrons. The standard InChI is InChI=1S/C10H21NO4S/c1-8(7-16(5,13)14)11-6-9(12)15-10(2,3)4/h8,11H,6-7H2,1-5H3. The zero-order chi connectivity index (χ0) is 13.0. The number of hydrogen-bond acceptors (Lipinski definition) is 5. The summed E-state index contributed by atoms with van der Waals surface area (Å²) in [5, 5.41) is 2.81. The Balaban J connectivity index is 3.94. The van der Waals surface area contributed by atoms with Crippen molar-refractivity contribution in [1.82, 2.24) is 5.32 Å². The van der Waals surface area contributed by atoms with Gasteiger partial charge in [-0.3, -0.25) is 4.79 Å². The predicted molar refractivity (Wildman–Crippen MR) is 63.0 cm³/mol.